The van der Waals surface area contributed by atoms with E-state index in [1.807, 2.05) is 13.0 Å². The Morgan fingerprint density at radius 3 is 2.42 bits per heavy atom. The average Bonchev–Trinajstić information content (AvgIpc) is 3.12. The van der Waals surface area contributed by atoms with Gasteiger partial charge in [-0.05, 0) is 49.4 Å². The van der Waals surface area contributed by atoms with Gasteiger partial charge in [0, 0.05) is 19.1 Å². The zero-order valence-corrected chi connectivity index (χ0v) is 14.9. The number of ether oxygens (including phenoxy) is 2. The summed E-state index contributed by atoms with van der Waals surface area (Å²) >= 11 is 0. The van der Waals surface area contributed by atoms with E-state index < -0.39 is 0 Å². The second kappa shape index (κ2) is 7.43. The van der Waals surface area contributed by atoms with Gasteiger partial charge in [-0.3, -0.25) is 9.69 Å². The van der Waals surface area contributed by atoms with E-state index in [1.54, 1.807) is 14.2 Å². The van der Waals surface area contributed by atoms with Crippen LogP contribution in [0.3, 0.4) is 0 Å². The van der Waals surface area contributed by atoms with Crippen LogP contribution in [-0.2, 0) is 17.8 Å². The first-order chi connectivity index (χ1) is 11.6. The molecule has 1 heterocycles. The van der Waals surface area contributed by atoms with Crippen molar-refractivity contribution in [3.8, 4) is 11.5 Å². The van der Waals surface area contributed by atoms with Gasteiger partial charge in [0.05, 0.1) is 20.3 Å². The maximum atomic E-state index is 12.5. The van der Waals surface area contributed by atoms with Gasteiger partial charge in [-0.2, -0.15) is 0 Å². The average molecular weight is 332 g/mol. The highest BCUT2D eigenvalue weighted by molar-refractivity contribution is 5.81. The molecule has 1 aliphatic carbocycles. The first-order valence-corrected chi connectivity index (χ1v) is 8.90. The van der Waals surface area contributed by atoms with Crippen LogP contribution >= 0.6 is 0 Å². The Labute approximate surface area is 144 Å². The molecule has 1 fully saturated rings. The lowest BCUT2D eigenvalue weighted by Gasteiger charge is -2.33. The minimum Gasteiger partial charge on any atom is -0.493 e. The summed E-state index contributed by atoms with van der Waals surface area (Å²) < 4.78 is 10.8. The van der Waals surface area contributed by atoms with Crippen molar-refractivity contribution in [1.82, 2.24) is 10.2 Å². The van der Waals surface area contributed by atoms with Crippen molar-refractivity contribution in [3.63, 3.8) is 0 Å². The number of rotatable bonds is 5. The third kappa shape index (κ3) is 3.51. The fourth-order valence-electron chi connectivity index (χ4n) is 3.79. The van der Waals surface area contributed by atoms with Crippen LogP contribution in [-0.4, -0.2) is 43.7 Å². The summed E-state index contributed by atoms with van der Waals surface area (Å²) in [5.41, 5.74) is 2.51. The first-order valence-electron chi connectivity index (χ1n) is 8.90. The van der Waals surface area contributed by atoms with Gasteiger partial charge in [0.15, 0.2) is 11.5 Å². The van der Waals surface area contributed by atoms with Gasteiger partial charge in [-0.1, -0.05) is 12.8 Å². The van der Waals surface area contributed by atoms with Gasteiger partial charge in [0.1, 0.15) is 0 Å². The fourth-order valence-corrected chi connectivity index (χ4v) is 3.79. The summed E-state index contributed by atoms with van der Waals surface area (Å²) in [6, 6.07) is 4.38. The van der Waals surface area contributed by atoms with Crippen molar-refractivity contribution in [1.29, 1.82) is 0 Å². The second-order valence-electron chi connectivity index (χ2n) is 6.86. The van der Waals surface area contributed by atoms with Crippen LogP contribution in [0.5, 0.6) is 11.5 Å². The zero-order valence-electron chi connectivity index (χ0n) is 14.9. The zero-order chi connectivity index (χ0) is 17.1. The highest BCUT2D eigenvalue weighted by atomic mass is 16.5. The number of hydrogen-bond acceptors (Lipinski definition) is 4. The van der Waals surface area contributed by atoms with Crippen molar-refractivity contribution >= 4 is 5.91 Å². The van der Waals surface area contributed by atoms with Crippen LogP contribution in [0, 0.1) is 0 Å². The van der Waals surface area contributed by atoms with Gasteiger partial charge in [-0.25, -0.2) is 0 Å². The number of nitrogens with zero attached hydrogens (tertiary/aromatic N) is 1. The number of fused-ring (bicyclic) bond motifs is 1. The molecule has 1 amide bonds. The van der Waals surface area contributed by atoms with E-state index in [9.17, 15) is 4.79 Å². The summed E-state index contributed by atoms with van der Waals surface area (Å²) in [5, 5.41) is 3.22. The molecule has 1 aromatic rings. The summed E-state index contributed by atoms with van der Waals surface area (Å²) in [4.78, 5) is 14.8. The molecule has 0 saturated heterocycles. The van der Waals surface area contributed by atoms with E-state index >= 15 is 0 Å². The number of amides is 1. The van der Waals surface area contributed by atoms with E-state index in [1.165, 1.54) is 24.0 Å². The summed E-state index contributed by atoms with van der Waals surface area (Å²) in [5.74, 6) is 1.68. The Balaban J connectivity index is 1.68. The standard InChI is InChI=1S/C19H28N2O3/c1-13(19(22)20-16-6-4-5-7-16)21-9-8-14-10-17(23-2)18(24-3)11-15(14)12-21/h10-11,13,16H,4-9,12H2,1-3H3,(H,20,22). The van der Waals surface area contributed by atoms with E-state index in [4.69, 9.17) is 9.47 Å². The Bertz CT molecular complexity index is 597. The van der Waals surface area contributed by atoms with E-state index in [2.05, 4.69) is 16.3 Å². The van der Waals surface area contributed by atoms with Crippen LogP contribution in [0.25, 0.3) is 0 Å². The monoisotopic (exact) mass is 332 g/mol. The minimum atomic E-state index is -0.105. The van der Waals surface area contributed by atoms with Gasteiger partial charge < -0.3 is 14.8 Å². The SMILES string of the molecule is COc1cc2c(cc1OC)CN(C(C)C(=O)NC1CCCC1)CC2. The lowest BCUT2D eigenvalue weighted by atomic mass is 9.97. The van der Waals surface area contributed by atoms with Gasteiger partial charge >= 0.3 is 0 Å². The number of methoxy groups -OCH3 is 2. The molecule has 132 valence electrons. The molecule has 0 bridgehead atoms. The van der Waals surface area contributed by atoms with E-state index in [-0.39, 0.29) is 11.9 Å². The maximum absolute atomic E-state index is 12.5. The quantitative estimate of drug-likeness (QED) is 0.900. The lowest BCUT2D eigenvalue weighted by Crippen LogP contribution is -2.49. The molecule has 0 aromatic heterocycles. The summed E-state index contributed by atoms with van der Waals surface area (Å²) in [6.45, 7) is 3.67. The second-order valence-corrected chi connectivity index (χ2v) is 6.86. The van der Waals surface area contributed by atoms with Crippen molar-refractivity contribution in [2.45, 2.75) is 57.7 Å². The normalized spacial score (nSPS) is 19.6. The van der Waals surface area contributed by atoms with Crippen molar-refractivity contribution < 1.29 is 14.3 Å². The predicted octanol–water partition coefficient (Wildman–Crippen LogP) is 2.51. The smallest absolute Gasteiger partial charge is 0.237 e. The van der Waals surface area contributed by atoms with E-state index in [0.717, 1.165) is 43.9 Å². The summed E-state index contributed by atoms with van der Waals surface area (Å²) in [6.07, 6.45) is 5.64. The number of carbonyl (C=O) groups excluding carboxylic acids is 1. The molecule has 24 heavy (non-hydrogen) atoms. The molecule has 0 radical (unpaired) electrons. The third-order valence-electron chi connectivity index (χ3n) is 5.38. The molecule has 1 aliphatic heterocycles. The van der Waals surface area contributed by atoms with Crippen LogP contribution in [0.1, 0.15) is 43.7 Å². The lowest BCUT2D eigenvalue weighted by molar-refractivity contribution is -0.126. The Morgan fingerprint density at radius 2 is 1.79 bits per heavy atom. The van der Waals surface area contributed by atoms with Crippen LogP contribution in [0.2, 0.25) is 0 Å². The molecular weight excluding hydrogens is 304 g/mol. The molecule has 3 rings (SSSR count). The number of nitrogens with one attached hydrogen (secondary N) is 1. The molecule has 2 aliphatic rings. The van der Waals surface area contributed by atoms with Gasteiger partial charge in [0.25, 0.3) is 0 Å². The van der Waals surface area contributed by atoms with E-state index in [0.29, 0.717) is 6.04 Å². The largest absolute Gasteiger partial charge is 0.493 e. The molecular formula is C19H28N2O3. The number of benzene rings is 1. The van der Waals surface area contributed by atoms with Crippen LogP contribution in [0.4, 0.5) is 0 Å². The highest BCUT2D eigenvalue weighted by Gasteiger charge is 2.28. The molecule has 5 heteroatoms. The molecule has 0 spiro atoms. The van der Waals surface area contributed by atoms with Gasteiger partial charge in [0.2, 0.25) is 5.91 Å². The van der Waals surface area contributed by atoms with Crippen LogP contribution < -0.4 is 14.8 Å². The summed E-state index contributed by atoms with van der Waals surface area (Å²) in [7, 11) is 3.32. The highest BCUT2D eigenvalue weighted by Crippen LogP contribution is 2.33. The molecule has 5 nitrogen and oxygen atoms in total. The van der Waals surface area contributed by atoms with Crippen LogP contribution in [0.15, 0.2) is 12.1 Å². The fraction of sp³-hybridized carbons (Fsp3) is 0.632. The molecule has 1 saturated carbocycles. The molecule has 1 aromatic carbocycles. The van der Waals surface area contributed by atoms with Crippen molar-refractivity contribution in [2.75, 3.05) is 20.8 Å². The van der Waals surface area contributed by atoms with Crippen molar-refractivity contribution in [2.24, 2.45) is 0 Å². The Hall–Kier alpha value is -1.75. The topological polar surface area (TPSA) is 50.8 Å². The molecule has 1 atom stereocenters. The number of hydrogen-bond donors (Lipinski definition) is 1. The van der Waals surface area contributed by atoms with Crippen molar-refractivity contribution in [3.05, 3.63) is 23.3 Å². The Morgan fingerprint density at radius 1 is 1.17 bits per heavy atom. The van der Waals surface area contributed by atoms with Gasteiger partial charge in [-0.15, -0.1) is 0 Å². The third-order valence-corrected chi connectivity index (χ3v) is 5.38. The minimum absolute atomic E-state index is 0.105. The molecule has 1 unspecified atom stereocenters. The Kier molecular flexibility index (Phi) is 5.29. The maximum Gasteiger partial charge on any atom is 0.237 e. The predicted molar refractivity (Wildman–Crippen MR) is 93.5 cm³/mol. The molecule has 1 N–H and O–H groups in total. The first kappa shape index (κ1) is 17.1. The number of carbonyl (C=O) groups is 1.